The van der Waals surface area contributed by atoms with Crippen LogP contribution in [-0.2, 0) is 14.5 Å². The van der Waals surface area contributed by atoms with Gasteiger partial charge < -0.3 is 51.9 Å². The van der Waals surface area contributed by atoms with Gasteiger partial charge in [-0.25, -0.2) is 34.5 Å². The van der Waals surface area contributed by atoms with E-state index >= 15 is 0 Å². The fourth-order valence-corrected chi connectivity index (χ4v) is 17.6. The van der Waals surface area contributed by atoms with Crippen LogP contribution in [0.3, 0.4) is 0 Å². The van der Waals surface area contributed by atoms with E-state index in [0.717, 1.165) is 54.0 Å². The molecule has 580 valence electrons. The molecular weight excluding hydrogens is 1460 g/mol. The van der Waals surface area contributed by atoms with Crippen LogP contribution < -0.4 is 61.7 Å². The molecule has 0 aliphatic carbocycles. The number of ketones is 1. The van der Waals surface area contributed by atoms with Crippen LogP contribution in [0.4, 0.5) is 14.4 Å². The molecule has 0 saturated carbocycles. The van der Waals surface area contributed by atoms with E-state index in [1.54, 1.807) is 77.8 Å². The first-order chi connectivity index (χ1) is 54.9. The Morgan fingerprint density at radius 3 is 1.41 bits per heavy atom. The molecule has 9 aromatic rings. The van der Waals surface area contributed by atoms with Crippen molar-refractivity contribution >= 4 is 74.9 Å². The number of aromatic nitrogens is 5. The second-order valence-electron chi connectivity index (χ2n) is 26.5. The molecule has 0 spiro atoms. The first-order valence-corrected chi connectivity index (χ1v) is 38.7. The number of amides is 6. The van der Waals surface area contributed by atoms with E-state index in [0.29, 0.717) is 107 Å². The number of benzene rings is 4. The number of hydroxylamine groups is 4. The summed E-state index contributed by atoms with van der Waals surface area (Å²) >= 11 is 0. The van der Waals surface area contributed by atoms with Crippen LogP contribution >= 0.6 is 7.26 Å². The number of urea groups is 3. The molecule has 29 heteroatoms. The standard InChI is InChI=1S/C21H20P.C19H21N3O3.C12H13N3O3.C11H13N3O2.C11H15N3O2.C10H10N3O2.Na/c1-2-18-22(19-12-6-3-7-13-19,20-14-8-4-9-15-20)21-16-10-5-11-17-21;1-2-9-25-21-17-11-16(19-20-8-10-24-19)12-22(13-17)14-18(23)15-6-4-3-5-7-15;1-2-4-18-15-10-6-9(11-13-3-5-17-11)7-14(8-10)12(15)16;1-2-14-9-5-8(10-12-3-4-16-10)6-13(7-9)11(14)15;1-2-4-16-14-10-6-9(7-12-8-10)11-13-3-5-15-11;1-12-8-4-7(9-11-2-3-15-9)5-13(6-8)10(12)14;/h2-18H,1H3;2-8,10-11,17,21H,1,9,12-14H2;2-3,5-6,10H,1,4,7-8H2;3-5,9H,2,6-7H2,1H3;2-3,5-6,10,12,14H,1,4,7-8H2;2-4,8H,1,5-6H2;/q+1;;;;;-1;+1/b18-2+;;;;;;. The number of fused-ring (bicyclic) bond motifs is 6. The van der Waals surface area contributed by atoms with Crippen molar-refractivity contribution in [1.82, 2.24) is 75.7 Å². The van der Waals surface area contributed by atoms with Crippen molar-refractivity contribution in [3.05, 3.63) is 306 Å². The predicted molar refractivity (Wildman–Crippen MR) is 428 cm³/mol. The average Bonchev–Trinajstić information content (AvgIpc) is 1.75. The number of carbonyl (C=O) groups excluding carboxylic acids is 4. The summed E-state index contributed by atoms with van der Waals surface area (Å²) < 4.78 is 26.4. The zero-order chi connectivity index (χ0) is 78.0. The fourth-order valence-electron chi connectivity index (χ4n) is 13.8. The van der Waals surface area contributed by atoms with E-state index in [4.69, 9.17) is 36.6 Å². The van der Waals surface area contributed by atoms with Crippen LogP contribution in [0.2, 0.25) is 0 Å². The van der Waals surface area contributed by atoms with Gasteiger partial charge >= 0.3 is 41.6 Å². The Bertz CT molecular complexity index is 4610. The monoisotopic (exact) mass is 1560 g/mol. The number of Topliss-reactive ketones (excluding diaryl/α,β-unsaturated/α-hetero) is 1. The number of nitrogens with one attached hydrogen (secondary N) is 3. The number of rotatable bonds is 24. The number of likely N-dealkylation sites (N-methyl/N-ethyl adjacent to an activating group) is 1. The largest absolute Gasteiger partial charge is 1.00 e. The topological polar surface area (TPSA) is 285 Å². The van der Waals surface area contributed by atoms with Gasteiger partial charge in [-0.05, 0) is 62.4 Å². The molecule has 3 saturated heterocycles. The third-order valence-electron chi connectivity index (χ3n) is 18.8. The SMILES string of the molecule is C/C=C/[P+](c1ccccc1)(c1ccccc1)c1ccccc1.C=CCON1C(=O)N2CC(c3ncco3)=CC1C2.C=CCONC1C=C(c2ncco2)CN(CC(=O)c2ccccc2)C1.C=CCONC1C=C(c2ncco2)CNC1.CCN1C(=O)N2CC(c3ncco3)=CC1C2.[CH2-]N1C(=O)N2CC(c3ncco3)=CC1C2.[Na+]. The van der Waals surface area contributed by atoms with Crippen molar-refractivity contribution in [2.45, 2.75) is 44.1 Å². The van der Waals surface area contributed by atoms with Gasteiger partial charge in [0.05, 0.1) is 107 Å². The van der Waals surface area contributed by atoms with E-state index in [9.17, 15) is 19.2 Å². The molecule has 3 fully saturated rings. The first kappa shape index (κ1) is 83.2. The summed E-state index contributed by atoms with van der Waals surface area (Å²) in [6.45, 7) is 23.8. The zero-order valence-electron chi connectivity index (χ0n) is 63.6. The number of hydrogen-bond donors (Lipinski definition) is 3. The van der Waals surface area contributed by atoms with Crippen LogP contribution in [-0.4, -0.2) is 212 Å². The minimum atomic E-state index is -1.73. The number of nitrogens with zero attached hydrogens (tertiary/aromatic N) is 12. The maximum atomic E-state index is 12.5. The Morgan fingerprint density at radius 2 is 0.947 bits per heavy atom. The normalized spacial score (nSPS) is 19.4. The van der Waals surface area contributed by atoms with Crippen molar-refractivity contribution in [2.75, 3.05) is 98.4 Å². The summed E-state index contributed by atoms with van der Waals surface area (Å²) in [6, 6.07) is 42.1. The van der Waals surface area contributed by atoms with Gasteiger partial charge in [-0.15, -0.1) is 19.7 Å². The molecule has 5 atom stereocenters. The third kappa shape index (κ3) is 21.3. The smallest absolute Gasteiger partial charge is 0.470 e. The van der Waals surface area contributed by atoms with Crippen LogP contribution in [0.1, 0.15) is 53.7 Å². The molecule has 8 aliphatic rings. The van der Waals surface area contributed by atoms with Crippen molar-refractivity contribution in [3.8, 4) is 0 Å². The minimum Gasteiger partial charge on any atom is -0.470 e. The minimum absolute atomic E-state index is 0. The maximum absolute atomic E-state index is 12.5. The van der Waals surface area contributed by atoms with Gasteiger partial charge in [-0.2, -0.15) is 16.0 Å². The second kappa shape index (κ2) is 41.7. The summed E-state index contributed by atoms with van der Waals surface area (Å²) in [7, 11) is 1.99. The van der Waals surface area contributed by atoms with Crippen molar-refractivity contribution < 1.29 is 85.3 Å². The van der Waals surface area contributed by atoms with Gasteiger partial charge in [0, 0.05) is 91.8 Å². The maximum Gasteiger partial charge on any atom is 1.00 e. The summed E-state index contributed by atoms with van der Waals surface area (Å²) in [5, 5.41) is 8.83. The Morgan fingerprint density at radius 1 is 0.531 bits per heavy atom. The Labute approximate surface area is 679 Å². The summed E-state index contributed by atoms with van der Waals surface area (Å²) in [6.07, 6.45) is 33.1. The molecule has 0 radical (unpaired) electrons. The molecule has 5 unspecified atom stereocenters. The van der Waals surface area contributed by atoms with E-state index in [1.165, 1.54) is 38.4 Å². The van der Waals surface area contributed by atoms with Gasteiger partial charge in [0.1, 0.15) is 54.5 Å². The van der Waals surface area contributed by atoms with Gasteiger partial charge in [0.2, 0.25) is 29.5 Å². The molecule has 113 heavy (non-hydrogen) atoms. The Balaban J connectivity index is 0.000000135. The van der Waals surface area contributed by atoms with Crippen LogP contribution in [0, 0.1) is 7.05 Å². The van der Waals surface area contributed by atoms with Crippen molar-refractivity contribution in [2.24, 2.45) is 0 Å². The van der Waals surface area contributed by atoms with E-state index < -0.39 is 7.26 Å². The Kier molecular flexibility index (Phi) is 30.7. The second-order valence-corrected chi connectivity index (χ2v) is 29.7. The van der Waals surface area contributed by atoms with Crippen molar-refractivity contribution in [1.29, 1.82) is 0 Å². The molecule has 13 heterocycles. The van der Waals surface area contributed by atoms with Gasteiger partial charge in [0.15, 0.2) is 5.78 Å². The Hall–Kier alpha value is -10.8. The summed E-state index contributed by atoms with van der Waals surface area (Å²) in [5.74, 6) is 5.49. The van der Waals surface area contributed by atoms with Gasteiger partial charge in [0.25, 0.3) is 6.03 Å². The first-order valence-electron chi connectivity index (χ1n) is 36.8. The molecule has 27 nitrogen and oxygen atoms in total. The average molecular weight is 1560 g/mol. The quantitative estimate of drug-likeness (QED) is 0.00980. The number of hydrogen-bond acceptors (Lipinski definition) is 21. The van der Waals surface area contributed by atoms with E-state index in [-0.39, 0.29) is 83.6 Å². The fraction of sp³-hybridized carbons (Fsp3) is 0.262. The van der Waals surface area contributed by atoms with Crippen LogP contribution in [0.25, 0.3) is 27.9 Å². The van der Waals surface area contributed by atoms with Crippen LogP contribution in [0.15, 0.2) is 286 Å². The molecule has 5 aromatic heterocycles. The number of carbonyl (C=O) groups is 4. The van der Waals surface area contributed by atoms with Gasteiger partial charge in [-0.3, -0.25) is 36.0 Å². The number of allylic oxidation sites excluding steroid dienone is 1. The molecule has 17 rings (SSSR count). The van der Waals surface area contributed by atoms with Gasteiger partial charge in [-0.1, -0.05) is 127 Å². The molecule has 3 N–H and O–H groups in total. The molecule has 8 aliphatic heterocycles. The molecule has 6 amide bonds. The van der Waals surface area contributed by atoms with Crippen LogP contribution in [0.5, 0.6) is 0 Å². The molecule has 6 bridgehead atoms. The van der Waals surface area contributed by atoms with Crippen molar-refractivity contribution in [3.63, 3.8) is 0 Å². The predicted octanol–water partition coefficient (Wildman–Crippen LogP) is 8.05. The molecule has 4 aromatic carbocycles. The summed E-state index contributed by atoms with van der Waals surface area (Å²) in [4.78, 5) is 95.3. The van der Waals surface area contributed by atoms with E-state index in [1.807, 2.05) is 65.3 Å². The third-order valence-corrected chi connectivity index (χ3v) is 22.9. The van der Waals surface area contributed by atoms with E-state index in [2.05, 4.69) is 195 Å². The zero-order valence-corrected chi connectivity index (χ0v) is 66.5. The summed E-state index contributed by atoms with van der Waals surface area (Å²) in [5.41, 5.74) is 11.5. The number of oxazole rings is 5. The molecular formula is C84H92N15NaO12P+.